The molecule has 0 saturated heterocycles. The quantitative estimate of drug-likeness (QED) is 0.465. The summed E-state index contributed by atoms with van der Waals surface area (Å²) in [4.78, 5) is 0. The third kappa shape index (κ3) is 480. The van der Waals surface area contributed by atoms with Crippen molar-refractivity contribution in [3.63, 3.8) is 0 Å². The number of hydrogen-bond donors (Lipinski definition) is 0. The van der Waals surface area contributed by atoms with Crippen LogP contribution >= 0.6 is 0 Å². The zero-order valence-corrected chi connectivity index (χ0v) is 2.88. The fraction of sp³-hybridized carbons (Fsp3) is 1.00. The van der Waals surface area contributed by atoms with Crippen molar-refractivity contribution in [3.05, 3.63) is 0 Å². The molecule has 0 N–H and O–H groups in total. The van der Waals surface area contributed by atoms with Crippen LogP contribution in [0.4, 0.5) is 0 Å². The molecule has 2 nitrogen and oxygen atoms in total. The molecule has 40 valence electrons. The summed E-state index contributed by atoms with van der Waals surface area (Å²) in [5.74, 6) is 0. The molecule has 0 amide bonds. The summed E-state index contributed by atoms with van der Waals surface area (Å²) in [6, 6.07) is 0. The van der Waals surface area contributed by atoms with Gasteiger partial charge in [-0.2, -0.15) is 0 Å². The SMILES string of the molecule is C.C.C.[O]=[Ti]=[O]. The molecule has 0 aliphatic heterocycles. The Balaban J connectivity index is -0.00000000667. The average molecular weight is 128 g/mol. The van der Waals surface area contributed by atoms with E-state index in [4.69, 9.17) is 6.65 Å². The van der Waals surface area contributed by atoms with Gasteiger partial charge in [-0.15, -0.1) is 0 Å². The van der Waals surface area contributed by atoms with E-state index in [1.54, 1.807) is 0 Å². The molecule has 3 heteroatoms. The first kappa shape index (κ1) is 33.3. The topological polar surface area (TPSA) is 34.1 Å². The monoisotopic (exact) mass is 128 g/mol. The second-order valence-corrected chi connectivity index (χ2v) is 0.344. The van der Waals surface area contributed by atoms with E-state index in [9.17, 15) is 0 Å². The maximum absolute atomic E-state index is 8.50. The van der Waals surface area contributed by atoms with Crippen molar-refractivity contribution in [2.75, 3.05) is 0 Å². The Morgan fingerprint density at radius 3 is 0.833 bits per heavy atom. The third-order valence-corrected chi connectivity index (χ3v) is 0. The van der Waals surface area contributed by atoms with E-state index < -0.39 is 19.1 Å². The summed E-state index contributed by atoms with van der Waals surface area (Å²) in [6.45, 7) is 0. The third-order valence-electron chi connectivity index (χ3n) is 0. The van der Waals surface area contributed by atoms with Crippen LogP contribution in [0.25, 0.3) is 0 Å². The molecule has 0 atom stereocenters. The van der Waals surface area contributed by atoms with Gasteiger partial charge in [0.05, 0.1) is 0 Å². The van der Waals surface area contributed by atoms with Crippen LogP contribution in [-0.2, 0) is 25.7 Å². The second kappa shape index (κ2) is 57.3. The fourth-order valence-electron chi connectivity index (χ4n) is 0. The predicted octanol–water partition coefficient (Wildman–Crippen LogP) is 1.67. The van der Waals surface area contributed by atoms with Crippen LogP contribution in [0, 0.1) is 0 Å². The van der Waals surface area contributed by atoms with Gasteiger partial charge < -0.3 is 0 Å². The van der Waals surface area contributed by atoms with Crippen LogP contribution < -0.4 is 0 Å². The molecule has 0 fully saturated rings. The van der Waals surface area contributed by atoms with Crippen LogP contribution in [0.5, 0.6) is 0 Å². The molecule has 0 aromatic carbocycles. The fourth-order valence-corrected chi connectivity index (χ4v) is 0. The predicted molar refractivity (Wildman–Crippen MR) is 21.6 cm³/mol. The van der Waals surface area contributed by atoms with Crippen LogP contribution in [0.2, 0.25) is 0 Å². The van der Waals surface area contributed by atoms with Gasteiger partial charge in [-0.3, -0.25) is 0 Å². The van der Waals surface area contributed by atoms with Gasteiger partial charge >= 0.3 is 25.7 Å². The molecular formula is C3H12O2Ti. The molecular weight excluding hydrogens is 116 g/mol. The summed E-state index contributed by atoms with van der Waals surface area (Å²) in [6.07, 6.45) is 0. The van der Waals surface area contributed by atoms with E-state index in [0.717, 1.165) is 0 Å². The number of hydrogen-bond acceptors (Lipinski definition) is 2. The van der Waals surface area contributed by atoms with E-state index in [2.05, 4.69) is 0 Å². The summed E-state index contributed by atoms with van der Waals surface area (Å²) >= 11 is -2.00. The summed E-state index contributed by atoms with van der Waals surface area (Å²) in [5, 5.41) is 0. The van der Waals surface area contributed by atoms with E-state index in [1.807, 2.05) is 0 Å². The molecule has 6 heavy (non-hydrogen) atoms. The molecule has 0 aliphatic rings. The van der Waals surface area contributed by atoms with Gasteiger partial charge in [-0.25, -0.2) is 0 Å². The van der Waals surface area contributed by atoms with Crippen molar-refractivity contribution in [2.24, 2.45) is 0 Å². The van der Waals surface area contributed by atoms with Crippen molar-refractivity contribution >= 4 is 0 Å². The van der Waals surface area contributed by atoms with Crippen molar-refractivity contribution in [1.82, 2.24) is 0 Å². The van der Waals surface area contributed by atoms with Crippen LogP contribution in [0.15, 0.2) is 0 Å². The molecule has 0 unspecified atom stereocenters. The van der Waals surface area contributed by atoms with E-state index in [0.29, 0.717) is 0 Å². The Morgan fingerprint density at radius 1 is 0.833 bits per heavy atom. The Hall–Kier alpha value is 0.314. The van der Waals surface area contributed by atoms with Crippen molar-refractivity contribution in [3.8, 4) is 0 Å². The molecule has 0 spiro atoms. The van der Waals surface area contributed by atoms with Gasteiger partial charge in [0.1, 0.15) is 0 Å². The minimum atomic E-state index is -2.00. The molecule has 0 radical (unpaired) electrons. The molecule has 0 bridgehead atoms. The molecule has 0 rings (SSSR count). The Labute approximate surface area is 48.5 Å². The van der Waals surface area contributed by atoms with Gasteiger partial charge in [0.15, 0.2) is 0 Å². The van der Waals surface area contributed by atoms with E-state index >= 15 is 0 Å². The van der Waals surface area contributed by atoms with Gasteiger partial charge in [-0.05, 0) is 0 Å². The van der Waals surface area contributed by atoms with Crippen molar-refractivity contribution in [1.29, 1.82) is 0 Å². The molecule has 0 saturated carbocycles. The summed E-state index contributed by atoms with van der Waals surface area (Å²) in [5.41, 5.74) is 0. The van der Waals surface area contributed by atoms with E-state index in [1.165, 1.54) is 0 Å². The molecule has 0 aromatic rings. The number of rotatable bonds is 0. The first-order chi connectivity index (χ1) is 1.41. The molecule has 0 aliphatic carbocycles. The van der Waals surface area contributed by atoms with Crippen LogP contribution in [0.3, 0.4) is 0 Å². The normalized spacial score (nSPS) is 1.33. The van der Waals surface area contributed by atoms with Gasteiger partial charge in [0, 0.05) is 0 Å². The molecule has 0 aromatic heterocycles. The zero-order valence-electron chi connectivity index (χ0n) is 1.32. The Kier molecular flexibility index (Phi) is 318. The second-order valence-electron chi connectivity index (χ2n) is 0.0833. The van der Waals surface area contributed by atoms with Gasteiger partial charge in [0.2, 0.25) is 0 Å². The van der Waals surface area contributed by atoms with Crippen LogP contribution in [-0.4, -0.2) is 0 Å². The Morgan fingerprint density at radius 2 is 0.833 bits per heavy atom. The first-order valence-corrected chi connectivity index (χ1v) is 1.68. The van der Waals surface area contributed by atoms with E-state index in [-0.39, 0.29) is 22.3 Å². The standard InChI is InChI=1S/3CH4.2O.Ti/h3*1H4;;;. The van der Waals surface area contributed by atoms with Crippen LogP contribution in [0.1, 0.15) is 22.3 Å². The summed E-state index contributed by atoms with van der Waals surface area (Å²) < 4.78 is 17.0. The minimum absolute atomic E-state index is 0. The maximum atomic E-state index is 8.50. The van der Waals surface area contributed by atoms with Crippen molar-refractivity contribution < 1.29 is 25.7 Å². The van der Waals surface area contributed by atoms with Gasteiger partial charge in [-0.1, -0.05) is 22.3 Å². The zero-order chi connectivity index (χ0) is 2.71. The Bertz CT molecular complexity index is 29.8. The molecule has 0 heterocycles. The van der Waals surface area contributed by atoms with Crippen molar-refractivity contribution in [2.45, 2.75) is 22.3 Å². The van der Waals surface area contributed by atoms with Gasteiger partial charge in [0.25, 0.3) is 0 Å². The summed E-state index contributed by atoms with van der Waals surface area (Å²) in [7, 11) is 0. The average Bonchev–Trinajstić information content (AvgIpc) is 0.918. The first-order valence-electron chi connectivity index (χ1n) is 0.408.